The molecule has 6 heteroatoms. The van der Waals surface area contributed by atoms with E-state index in [-0.39, 0.29) is 0 Å². The molecule has 0 saturated carbocycles. The van der Waals surface area contributed by atoms with Crippen LogP contribution in [0.25, 0.3) is 4.96 Å². The first-order valence-corrected chi connectivity index (χ1v) is 8.63. The fourth-order valence-electron chi connectivity index (χ4n) is 1.87. The number of fused-ring (bicyclic) bond motifs is 1. The van der Waals surface area contributed by atoms with Crippen LogP contribution in [0.4, 0.5) is 0 Å². The molecule has 0 saturated heterocycles. The second-order valence-electron chi connectivity index (χ2n) is 4.55. The molecule has 0 aromatic carbocycles. The highest BCUT2D eigenvalue weighted by Gasteiger charge is 2.10. The SMILES string of the molecule is Cc1nc2sccn2c1CNC(C)CCS(C)=O. The van der Waals surface area contributed by atoms with Crippen LogP contribution < -0.4 is 5.32 Å². The largest absolute Gasteiger partial charge is 0.309 e. The van der Waals surface area contributed by atoms with Crippen LogP contribution in [0, 0.1) is 6.92 Å². The van der Waals surface area contributed by atoms with Crippen LogP contribution >= 0.6 is 11.3 Å². The third kappa shape index (κ3) is 3.18. The zero-order chi connectivity index (χ0) is 13.1. The summed E-state index contributed by atoms with van der Waals surface area (Å²) in [6.07, 6.45) is 4.75. The molecular weight excluding hydrogens is 266 g/mol. The standard InChI is InChI=1S/C12H19N3OS2/c1-9(4-7-18(3)16)13-8-11-10(2)14-12-15(11)5-6-17-12/h5-6,9,13H,4,7-8H2,1-3H3. The molecule has 2 rings (SSSR count). The van der Waals surface area contributed by atoms with E-state index in [0.717, 1.165) is 29.4 Å². The zero-order valence-electron chi connectivity index (χ0n) is 11.0. The van der Waals surface area contributed by atoms with E-state index in [1.165, 1.54) is 5.69 Å². The third-order valence-electron chi connectivity index (χ3n) is 3.02. The van der Waals surface area contributed by atoms with E-state index in [9.17, 15) is 4.21 Å². The molecule has 4 nitrogen and oxygen atoms in total. The Bertz CT molecular complexity index is 547. The number of imidazole rings is 1. The summed E-state index contributed by atoms with van der Waals surface area (Å²) >= 11 is 1.65. The lowest BCUT2D eigenvalue weighted by Crippen LogP contribution is -2.27. The average Bonchev–Trinajstić information content (AvgIpc) is 2.84. The Kier molecular flexibility index (Phi) is 4.53. The molecule has 0 bridgehead atoms. The van der Waals surface area contributed by atoms with Gasteiger partial charge in [-0.25, -0.2) is 4.98 Å². The minimum absolute atomic E-state index is 0.373. The smallest absolute Gasteiger partial charge is 0.194 e. The molecule has 0 fully saturated rings. The Morgan fingerprint density at radius 1 is 1.61 bits per heavy atom. The van der Waals surface area contributed by atoms with Gasteiger partial charge < -0.3 is 5.32 Å². The molecule has 0 aliphatic rings. The van der Waals surface area contributed by atoms with E-state index >= 15 is 0 Å². The van der Waals surface area contributed by atoms with Gasteiger partial charge in [0.15, 0.2) is 4.96 Å². The Morgan fingerprint density at radius 2 is 2.39 bits per heavy atom. The van der Waals surface area contributed by atoms with Crippen molar-refractivity contribution >= 4 is 27.1 Å². The number of nitrogens with zero attached hydrogens (tertiary/aromatic N) is 2. The molecule has 100 valence electrons. The van der Waals surface area contributed by atoms with Gasteiger partial charge >= 0.3 is 0 Å². The van der Waals surface area contributed by atoms with Gasteiger partial charge in [-0.15, -0.1) is 11.3 Å². The Hall–Kier alpha value is -0.720. The first-order valence-electron chi connectivity index (χ1n) is 6.02. The molecular formula is C12H19N3OS2. The summed E-state index contributed by atoms with van der Waals surface area (Å²) in [7, 11) is -0.703. The van der Waals surface area contributed by atoms with Gasteiger partial charge in [0, 0.05) is 47.0 Å². The molecule has 2 unspecified atom stereocenters. The highest BCUT2D eigenvalue weighted by atomic mass is 32.2. The van der Waals surface area contributed by atoms with Crippen molar-refractivity contribution in [3.63, 3.8) is 0 Å². The number of thiazole rings is 1. The average molecular weight is 285 g/mol. The van der Waals surface area contributed by atoms with Crippen LogP contribution in [0.15, 0.2) is 11.6 Å². The van der Waals surface area contributed by atoms with E-state index in [1.54, 1.807) is 17.6 Å². The van der Waals surface area contributed by atoms with Crippen molar-refractivity contribution < 1.29 is 4.21 Å². The van der Waals surface area contributed by atoms with Gasteiger partial charge in [-0.2, -0.15) is 0 Å². The van der Waals surface area contributed by atoms with Gasteiger partial charge in [-0.1, -0.05) is 0 Å². The number of aryl methyl sites for hydroxylation is 1. The summed E-state index contributed by atoms with van der Waals surface area (Å²) in [5.74, 6) is 0.757. The van der Waals surface area contributed by atoms with Crippen molar-refractivity contribution in [3.05, 3.63) is 23.0 Å². The van der Waals surface area contributed by atoms with Gasteiger partial charge in [0.05, 0.1) is 11.4 Å². The van der Waals surface area contributed by atoms with E-state index < -0.39 is 10.8 Å². The number of rotatable bonds is 6. The van der Waals surface area contributed by atoms with Crippen LogP contribution in [-0.4, -0.2) is 31.6 Å². The third-order valence-corrected chi connectivity index (χ3v) is 4.58. The first-order chi connectivity index (χ1) is 8.58. The summed E-state index contributed by atoms with van der Waals surface area (Å²) in [5, 5.41) is 5.52. The molecule has 1 N–H and O–H groups in total. The summed E-state index contributed by atoms with van der Waals surface area (Å²) in [6, 6.07) is 0.373. The van der Waals surface area contributed by atoms with Crippen molar-refractivity contribution in [1.29, 1.82) is 0 Å². The first kappa shape index (κ1) is 13.7. The van der Waals surface area contributed by atoms with Gasteiger partial charge in [-0.3, -0.25) is 8.61 Å². The maximum absolute atomic E-state index is 11.0. The van der Waals surface area contributed by atoms with Crippen LogP contribution in [0.3, 0.4) is 0 Å². The van der Waals surface area contributed by atoms with Gasteiger partial charge in [-0.05, 0) is 20.3 Å². The number of hydrogen-bond donors (Lipinski definition) is 1. The maximum Gasteiger partial charge on any atom is 0.194 e. The highest BCUT2D eigenvalue weighted by Crippen LogP contribution is 2.16. The fraction of sp³-hybridized carbons (Fsp3) is 0.583. The summed E-state index contributed by atoms with van der Waals surface area (Å²) in [4.78, 5) is 5.57. The number of nitrogens with one attached hydrogen (secondary N) is 1. The normalized spacial score (nSPS) is 15.1. The van der Waals surface area contributed by atoms with Crippen molar-refractivity contribution in [2.24, 2.45) is 0 Å². The van der Waals surface area contributed by atoms with Crippen LogP contribution in [0.5, 0.6) is 0 Å². The topological polar surface area (TPSA) is 46.4 Å². The quantitative estimate of drug-likeness (QED) is 0.882. The van der Waals surface area contributed by atoms with Crippen molar-refractivity contribution in [2.45, 2.75) is 32.9 Å². The maximum atomic E-state index is 11.0. The van der Waals surface area contributed by atoms with Crippen molar-refractivity contribution in [1.82, 2.24) is 14.7 Å². The Morgan fingerprint density at radius 3 is 3.11 bits per heavy atom. The minimum atomic E-state index is -0.703. The zero-order valence-corrected chi connectivity index (χ0v) is 12.6. The minimum Gasteiger partial charge on any atom is -0.309 e. The lowest BCUT2D eigenvalue weighted by Gasteiger charge is -2.12. The lowest BCUT2D eigenvalue weighted by molar-refractivity contribution is 0.527. The van der Waals surface area contributed by atoms with Crippen LogP contribution in [-0.2, 0) is 17.3 Å². The molecule has 2 aromatic heterocycles. The van der Waals surface area contributed by atoms with Crippen LogP contribution in [0.2, 0.25) is 0 Å². The second kappa shape index (κ2) is 5.95. The Labute approximate surface area is 114 Å². The molecule has 0 aliphatic heterocycles. The molecule has 0 spiro atoms. The molecule has 2 heterocycles. The molecule has 2 atom stereocenters. The van der Waals surface area contributed by atoms with E-state index in [0.29, 0.717) is 6.04 Å². The summed E-state index contributed by atoms with van der Waals surface area (Å²) in [5.41, 5.74) is 2.30. The van der Waals surface area contributed by atoms with Crippen LogP contribution in [0.1, 0.15) is 24.7 Å². The molecule has 2 aromatic rings. The predicted octanol–water partition coefficient (Wildman–Crippen LogP) is 1.95. The summed E-state index contributed by atoms with van der Waals surface area (Å²) < 4.78 is 13.2. The lowest BCUT2D eigenvalue weighted by atomic mass is 10.2. The van der Waals surface area contributed by atoms with Crippen molar-refractivity contribution in [3.8, 4) is 0 Å². The van der Waals surface area contributed by atoms with E-state index in [2.05, 4.69) is 33.2 Å². The van der Waals surface area contributed by atoms with E-state index in [1.807, 2.05) is 6.92 Å². The predicted molar refractivity (Wildman–Crippen MR) is 77.7 cm³/mol. The highest BCUT2D eigenvalue weighted by molar-refractivity contribution is 7.84. The Balaban J connectivity index is 1.95. The molecule has 18 heavy (non-hydrogen) atoms. The fourth-order valence-corrected chi connectivity index (χ4v) is 3.33. The summed E-state index contributed by atoms with van der Waals surface area (Å²) in [6.45, 7) is 4.98. The molecule has 0 radical (unpaired) electrons. The number of hydrogen-bond acceptors (Lipinski definition) is 4. The molecule has 0 aliphatic carbocycles. The van der Waals surface area contributed by atoms with Gasteiger partial charge in [0.25, 0.3) is 0 Å². The van der Waals surface area contributed by atoms with Gasteiger partial charge in [0.2, 0.25) is 0 Å². The number of aromatic nitrogens is 2. The van der Waals surface area contributed by atoms with Gasteiger partial charge in [0.1, 0.15) is 0 Å². The second-order valence-corrected chi connectivity index (χ2v) is 6.98. The molecule has 0 amide bonds. The monoisotopic (exact) mass is 285 g/mol. The van der Waals surface area contributed by atoms with E-state index in [4.69, 9.17) is 0 Å². The van der Waals surface area contributed by atoms with Crippen molar-refractivity contribution in [2.75, 3.05) is 12.0 Å².